The monoisotopic (exact) mass is 393 g/mol. The predicted molar refractivity (Wildman–Crippen MR) is 80.3 cm³/mol. The summed E-state index contributed by atoms with van der Waals surface area (Å²) >= 11 is 8.05. The van der Waals surface area contributed by atoms with Gasteiger partial charge in [-0.15, -0.1) is 0 Å². The second-order valence-electron chi connectivity index (χ2n) is 3.75. The summed E-state index contributed by atoms with van der Waals surface area (Å²) < 4.78 is 18.8. The Bertz CT molecular complexity index is 624. The molecule has 1 aromatic heterocycles. The minimum Gasteiger partial charge on any atom is -0.383 e. The van der Waals surface area contributed by atoms with Crippen LogP contribution in [0.2, 0.25) is 5.02 Å². The highest BCUT2D eigenvalue weighted by atomic mass is 127. The fraction of sp³-hybridized carbons (Fsp3) is 0.167. The average Bonchev–Trinajstić information content (AvgIpc) is 2.35. The van der Waals surface area contributed by atoms with E-state index in [0.29, 0.717) is 29.5 Å². The number of anilines is 1. The van der Waals surface area contributed by atoms with Crippen molar-refractivity contribution in [2.24, 2.45) is 0 Å². The quantitative estimate of drug-likeness (QED) is 0.813. The molecule has 0 saturated heterocycles. The molecule has 0 radical (unpaired) electrons. The lowest BCUT2D eigenvalue weighted by Crippen LogP contribution is -2.06. The number of nitrogens with zero attached hydrogens (tertiary/aromatic N) is 2. The number of methoxy groups -OCH3 is 1. The van der Waals surface area contributed by atoms with Crippen LogP contribution in [-0.2, 0) is 11.3 Å². The molecule has 19 heavy (non-hydrogen) atoms. The molecular weight excluding hydrogens is 384 g/mol. The average molecular weight is 394 g/mol. The molecule has 0 fully saturated rings. The van der Waals surface area contributed by atoms with Crippen molar-refractivity contribution < 1.29 is 9.13 Å². The minimum atomic E-state index is -0.413. The summed E-state index contributed by atoms with van der Waals surface area (Å²) in [5, 5.41) is 0.240. The largest absolute Gasteiger partial charge is 0.383 e. The molecular formula is C12H10ClFIN3O. The number of nitrogen functional groups attached to an aromatic ring is 1. The Morgan fingerprint density at radius 2 is 2.16 bits per heavy atom. The van der Waals surface area contributed by atoms with E-state index in [2.05, 4.69) is 32.6 Å². The van der Waals surface area contributed by atoms with Crippen LogP contribution in [0.15, 0.2) is 18.2 Å². The Morgan fingerprint density at radius 1 is 1.42 bits per heavy atom. The van der Waals surface area contributed by atoms with Gasteiger partial charge in [0.05, 0.1) is 20.9 Å². The van der Waals surface area contributed by atoms with E-state index < -0.39 is 5.82 Å². The van der Waals surface area contributed by atoms with Gasteiger partial charge in [-0.25, -0.2) is 14.4 Å². The molecule has 0 bridgehead atoms. The van der Waals surface area contributed by atoms with Crippen molar-refractivity contribution in [3.05, 3.63) is 38.3 Å². The fourth-order valence-corrected chi connectivity index (χ4v) is 2.19. The molecule has 0 amide bonds. The Morgan fingerprint density at radius 3 is 2.79 bits per heavy atom. The van der Waals surface area contributed by atoms with E-state index in [1.807, 2.05) is 0 Å². The van der Waals surface area contributed by atoms with E-state index in [1.165, 1.54) is 18.2 Å². The Hall–Kier alpha value is -0.990. The van der Waals surface area contributed by atoms with Crippen LogP contribution in [0.1, 0.15) is 5.69 Å². The highest BCUT2D eigenvalue weighted by molar-refractivity contribution is 14.1. The van der Waals surface area contributed by atoms with Gasteiger partial charge in [-0.2, -0.15) is 0 Å². The maximum absolute atomic E-state index is 13.0. The Kier molecular flexibility index (Phi) is 4.54. The van der Waals surface area contributed by atoms with Gasteiger partial charge in [-0.1, -0.05) is 11.6 Å². The Labute approximate surface area is 128 Å². The van der Waals surface area contributed by atoms with Crippen molar-refractivity contribution in [1.82, 2.24) is 9.97 Å². The normalized spacial score (nSPS) is 10.7. The van der Waals surface area contributed by atoms with Gasteiger partial charge >= 0.3 is 0 Å². The van der Waals surface area contributed by atoms with Crippen molar-refractivity contribution in [2.45, 2.75) is 6.61 Å². The summed E-state index contributed by atoms with van der Waals surface area (Å²) in [5.74, 6) is 0.289. The minimum absolute atomic E-state index is 0.240. The van der Waals surface area contributed by atoms with Crippen LogP contribution in [0, 0.1) is 9.39 Å². The maximum Gasteiger partial charge on any atom is 0.163 e. The van der Waals surface area contributed by atoms with Crippen molar-refractivity contribution in [3.8, 4) is 11.4 Å². The molecule has 4 nitrogen and oxygen atoms in total. The first-order valence-corrected chi connectivity index (χ1v) is 6.75. The van der Waals surface area contributed by atoms with Gasteiger partial charge in [-0.05, 0) is 40.8 Å². The molecule has 2 aromatic rings. The number of nitrogens with two attached hydrogens (primary N) is 1. The molecule has 7 heteroatoms. The molecule has 0 unspecified atom stereocenters. The number of hydrogen-bond acceptors (Lipinski definition) is 4. The lowest BCUT2D eigenvalue weighted by Gasteiger charge is -2.09. The van der Waals surface area contributed by atoms with Gasteiger partial charge in [0, 0.05) is 12.7 Å². The van der Waals surface area contributed by atoms with E-state index in [4.69, 9.17) is 22.1 Å². The molecule has 0 saturated carbocycles. The van der Waals surface area contributed by atoms with Crippen molar-refractivity contribution in [1.29, 1.82) is 0 Å². The van der Waals surface area contributed by atoms with Crippen molar-refractivity contribution in [2.75, 3.05) is 12.8 Å². The van der Waals surface area contributed by atoms with Crippen LogP contribution in [0.5, 0.6) is 0 Å². The van der Waals surface area contributed by atoms with Crippen LogP contribution < -0.4 is 5.73 Å². The van der Waals surface area contributed by atoms with Crippen molar-refractivity contribution >= 4 is 40.0 Å². The van der Waals surface area contributed by atoms with Crippen LogP contribution in [-0.4, -0.2) is 17.1 Å². The molecule has 100 valence electrons. The Balaban J connectivity index is 2.56. The first-order valence-electron chi connectivity index (χ1n) is 5.29. The third-order valence-electron chi connectivity index (χ3n) is 2.40. The summed E-state index contributed by atoms with van der Waals surface area (Å²) in [6, 6.07) is 4.04. The topological polar surface area (TPSA) is 61.0 Å². The van der Waals surface area contributed by atoms with Gasteiger partial charge in [0.25, 0.3) is 0 Å². The summed E-state index contributed by atoms with van der Waals surface area (Å²) in [7, 11) is 1.57. The van der Waals surface area contributed by atoms with Gasteiger partial charge in [0.1, 0.15) is 11.6 Å². The molecule has 1 heterocycles. The van der Waals surface area contributed by atoms with Crippen LogP contribution in [0.25, 0.3) is 11.4 Å². The summed E-state index contributed by atoms with van der Waals surface area (Å²) in [4.78, 5) is 8.53. The van der Waals surface area contributed by atoms with E-state index in [9.17, 15) is 4.39 Å². The highest BCUT2D eigenvalue weighted by Crippen LogP contribution is 2.28. The van der Waals surface area contributed by atoms with Crippen LogP contribution in [0.4, 0.5) is 10.2 Å². The number of hydrogen-bond donors (Lipinski definition) is 1. The zero-order valence-corrected chi connectivity index (χ0v) is 12.9. The van der Waals surface area contributed by atoms with Gasteiger partial charge in [-0.3, -0.25) is 0 Å². The molecule has 0 aliphatic heterocycles. The number of benzene rings is 1. The molecule has 2 N–H and O–H groups in total. The molecule has 1 aromatic carbocycles. The lowest BCUT2D eigenvalue weighted by molar-refractivity contribution is 0.181. The number of rotatable bonds is 3. The smallest absolute Gasteiger partial charge is 0.163 e. The molecule has 0 aliphatic carbocycles. The zero-order chi connectivity index (χ0) is 14.0. The second-order valence-corrected chi connectivity index (χ2v) is 5.24. The number of halogens is 3. The molecule has 0 spiro atoms. The third kappa shape index (κ3) is 3.13. The highest BCUT2D eigenvalue weighted by Gasteiger charge is 2.13. The first-order chi connectivity index (χ1) is 9.02. The predicted octanol–water partition coefficient (Wildman–Crippen LogP) is 3.27. The molecule has 0 atom stereocenters. The van der Waals surface area contributed by atoms with Gasteiger partial charge in [0.2, 0.25) is 0 Å². The SMILES string of the molecule is COCc1nc(-c2ccc(F)cc2Cl)nc(N)c1I. The van der Waals surface area contributed by atoms with Crippen LogP contribution >= 0.6 is 34.2 Å². The lowest BCUT2D eigenvalue weighted by atomic mass is 10.2. The van der Waals surface area contributed by atoms with E-state index in [0.717, 1.165) is 3.57 Å². The van der Waals surface area contributed by atoms with E-state index >= 15 is 0 Å². The second kappa shape index (κ2) is 5.98. The summed E-state index contributed by atoms with van der Waals surface area (Å²) in [6.45, 7) is 0.316. The van der Waals surface area contributed by atoms with E-state index in [1.54, 1.807) is 7.11 Å². The van der Waals surface area contributed by atoms with E-state index in [-0.39, 0.29) is 5.02 Å². The summed E-state index contributed by atoms with van der Waals surface area (Å²) in [5.41, 5.74) is 7.04. The standard InChI is InChI=1S/C12H10ClFIN3O/c1-19-5-9-10(15)11(16)18-12(17-9)7-3-2-6(14)4-8(7)13/h2-4H,5H2,1H3,(H2,16,17,18). The first kappa shape index (κ1) is 14.4. The van der Waals surface area contributed by atoms with Crippen molar-refractivity contribution in [3.63, 3.8) is 0 Å². The number of ether oxygens (including phenoxy) is 1. The third-order valence-corrected chi connectivity index (χ3v) is 3.89. The van der Waals surface area contributed by atoms with Gasteiger partial charge in [0.15, 0.2) is 5.82 Å². The summed E-state index contributed by atoms with van der Waals surface area (Å²) in [6.07, 6.45) is 0. The van der Waals surface area contributed by atoms with Gasteiger partial charge < -0.3 is 10.5 Å². The van der Waals surface area contributed by atoms with Crippen LogP contribution in [0.3, 0.4) is 0 Å². The zero-order valence-electron chi connectivity index (χ0n) is 9.95. The fourth-order valence-electron chi connectivity index (χ4n) is 1.54. The number of aromatic nitrogens is 2. The molecule has 0 aliphatic rings. The molecule has 2 rings (SSSR count). The maximum atomic E-state index is 13.0.